The third kappa shape index (κ3) is 23.4. The Bertz CT molecular complexity index is 80.9. The summed E-state index contributed by atoms with van der Waals surface area (Å²) in [4.78, 5) is 0. The molecule has 0 rings (SSSR count). The molecular weight excluding hydrogens is 388 g/mol. The molecule has 0 saturated carbocycles. The van der Waals surface area contributed by atoms with Crippen LogP contribution in [0, 0.1) is 0 Å². The van der Waals surface area contributed by atoms with Crippen LogP contribution in [-0.4, -0.2) is 43.2 Å². The van der Waals surface area contributed by atoms with Crippen molar-refractivity contribution < 1.29 is 0 Å². The maximum absolute atomic E-state index is 2.33. The zero-order chi connectivity index (χ0) is 11.7. The maximum atomic E-state index is 2.33. The van der Waals surface area contributed by atoms with Crippen LogP contribution in [0.4, 0.5) is 0 Å². The molecule has 0 aromatic rings. The van der Waals surface area contributed by atoms with Gasteiger partial charge < -0.3 is 0 Å². The summed E-state index contributed by atoms with van der Waals surface area (Å²) in [6.07, 6.45) is 0. The molecule has 2 radical (unpaired) electrons. The Labute approximate surface area is 113 Å². The second-order valence-electron chi connectivity index (χ2n) is 4.67. The normalized spacial score (nSPS) is 11.1. The quantitative estimate of drug-likeness (QED) is 0.584. The molecule has 0 aliphatic rings. The molecule has 0 saturated heterocycles. The average molecular weight is 416 g/mol. The van der Waals surface area contributed by atoms with E-state index in [0.717, 1.165) is 15.5 Å². The van der Waals surface area contributed by atoms with Crippen LogP contribution >= 0.6 is 0 Å². The van der Waals surface area contributed by atoms with E-state index in [1.165, 1.54) is 0 Å². The van der Waals surface area contributed by atoms with Crippen molar-refractivity contribution in [3.63, 3.8) is 0 Å². The fraction of sp³-hybridized carbons (Fsp3) is 1.00. The Morgan fingerprint density at radius 2 is 0.571 bits per heavy atom. The van der Waals surface area contributed by atoms with Gasteiger partial charge in [0.25, 0.3) is 0 Å². The molecule has 86 valence electrons. The molecule has 0 spiro atoms. The van der Waals surface area contributed by atoms with Gasteiger partial charge in [0.2, 0.25) is 0 Å². The van der Waals surface area contributed by atoms with Crippen molar-refractivity contribution in [3.8, 4) is 0 Å². The molecule has 2 heteroatoms. The average Bonchev–Trinajstić information content (AvgIpc) is 1.79. The van der Waals surface area contributed by atoms with Gasteiger partial charge in [0.1, 0.15) is 0 Å². The molecule has 0 N–H and O–H groups in total. The van der Waals surface area contributed by atoms with Gasteiger partial charge in [-0.3, -0.25) is 0 Å². The van der Waals surface area contributed by atoms with Crippen molar-refractivity contribution in [2.45, 2.75) is 70.8 Å². The summed E-state index contributed by atoms with van der Waals surface area (Å²) in [5.74, 6) is 0. The van der Waals surface area contributed by atoms with Crippen LogP contribution in [0.3, 0.4) is 0 Å². The Morgan fingerprint density at radius 1 is 0.429 bits per heavy atom. The summed E-state index contributed by atoms with van der Waals surface area (Å²) in [6.45, 7) is 18.6. The van der Waals surface area contributed by atoms with Gasteiger partial charge in [-0.2, -0.15) is 0 Å². The standard InChI is InChI=1S/4C3H7.2Sb/c4*1-3-2;;/h4*3H,1-2H3;;. The van der Waals surface area contributed by atoms with E-state index in [2.05, 4.69) is 55.4 Å². The first-order chi connectivity index (χ1) is 6.25. The van der Waals surface area contributed by atoms with E-state index < -0.39 is 0 Å². The van der Waals surface area contributed by atoms with Crippen molar-refractivity contribution in [3.05, 3.63) is 0 Å². The summed E-state index contributed by atoms with van der Waals surface area (Å²) in [5.41, 5.74) is 0. The Morgan fingerprint density at radius 3 is 0.571 bits per heavy atom. The molecule has 0 fully saturated rings. The molecule has 0 amide bonds. The van der Waals surface area contributed by atoms with Gasteiger partial charge in [-0.05, 0) is 0 Å². The summed E-state index contributed by atoms with van der Waals surface area (Å²) in [7, 11) is 0. The van der Waals surface area contributed by atoms with Crippen LogP contribution in [0.2, 0.25) is 15.5 Å². The minimum absolute atomic E-state index is 0.194. The number of rotatable bonds is 4. The summed E-state index contributed by atoms with van der Waals surface area (Å²) >= 11 is 0.389. The van der Waals surface area contributed by atoms with E-state index in [9.17, 15) is 0 Å². The van der Waals surface area contributed by atoms with E-state index in [1.54, 1.807) is 0 Å². The Kier molecular flexibility index (Phi) is 14.3. The molecule has 0 bridgehead atoms. The van der Waals surface area contributed by atoms with Gasteiger partial charge in [0, 0.05) is 0 Å². The third-order valence-electron chi connectivity index (χ3n) is 1.19. The molecule has 0 aromatic heterocycles. The van der Waals surface area contributed by atoms with E-state index in [0.29, 0.717) is 0 Å². The molecular formula is C12H28Sb2. The van der Waals surface area contributed by atoms with E-state index >= 15 is 0 Å². The van der Waals surface area contributed by atoms with Gasteiger partial charge in [-0.25, -0.2) is 0 Å². The van der Waals surface area contributed by atoms with E-state index in [4.69, 9.17) is 0 Å². The number of hydrogen-bond donors (Lipinski definition) is 0. The van der Waals surface area contributed by atoms with Crippen molar-refractivity contribution in [2.24, 2.45) is 0 Å². The molecule has 0 aromatic carbocycles. The SMILES string of the molecule is C[CH](C)[Sb][CH](C)C.C[CH](C)[Sb][CH](C)C. The van der Waals surface area contributed by atoms with E-state index in [-0.39, 0.29) is 43.2 Å². The van der Waals surface area contributed by atoms with Crippen LogP contribution < -0.4 is 0 Å². The first kappa shape index (κ1) is 18.0. The van der Waals surface area contributed by atoms with Crippen molar-refractivity contribution in [2.75, 3.05) is 0 Å². The first-order valence-corrected chi connectivity index (χ1v) is 11.5. The van der Waals surface area contributed by atoms with Gasteiger partial charge >= 0.3 is 114 Å². The van der Waals surface area contributed by atoms with Crippen LogP contribution in [0.25, 0.3) is 0 Å². The summed E-state index contributed by atoms with van der Waals surface area (Å²) in [6, 6.07) is 0. The second kappa shape index (κ2) is 11.1. The Hall–Kier alpha value is 1.64. The van der Waals surface area contributed by atoms with Gasteiger partial charge in [-0.15, -0.1) is 0 Å². The van der Waals surface area contributed by atoms with Gasteiger partial charge in [-0.1, -0.05) is 0 Å². The molecule has 0 aliphatic heterocycles. The first-order valence-electron chi connectivity index (χ1n) is 5.65. The van der Waals surface area contributed by atoms with Gasteiger partial charge in [0.15, 0.2) is 0 Å². The van der Waals surface area contributed by atoms with Gasteiger partial charge in [0.05, 0.1) is 0 Å². The molecule has 0 heterocycles. The zero-order valence-electron chi connectivity index (χ0n) is 11.2. The molecule has 14 heavy (non-hydrogen) atoms. The molecule has 0 aliphatic carbocycles. The Balaban J connectivity index is 0. The molecule has 0 atom stereocenters. The third-order valence-corrected chi connectivity index (χ3v) is 8.00. The minimum atomic E-state index is 0.194. The van der Waals surface area contributed by atoms with Crippen molar-refractivity contribution in [1.82, 2.24) is 0 Å². The van der Waals surface area contributed by atoms with E-state index in [1.807, 2.05) is 0 Å². The fourth-order valence-electron chi connectivity index (χ4n) is 1.19. The molecule has 0 nitrogen and oxygen atoms in total. The van der Waals surface area contributed by atoms with Crippen LogP contribution in [-0.2, 0) is 0 Å². The summed E-state index contributed by atoms with van der Waals surface area (Å²) in [5, 5.41) is 0. The monoisotopic (exact) mass is 414 g/mol. The van der Waals surface area contributed by atoms with Crippen molar-refractivity contribution in [1.29, 1.82) is 0 Å². The number of hydrogen-bond acceptors (Lipinski definition) is 0. The van der Waals surface area contributed by atoms with Crippen LogP contribution in [0.15, 0.2) is 0 Å². The summed E-state index contributed by atoms with van der Waals surface area (Å²) < 4.78 is 4.10. The van der Waals surface area contributed by atoms with Crippen molar-refractivity contribution >= 4 is 43.2 Å². The zero-order valence-corrected chi connectivity index (χ0v) is 16.3. The fourth-order valence-corrected chi connectivity index (χ4v) is 8.00. The second-order valence-corrected chi connectivity index (χ2v) is 18.2. The topological polar surface area (TPSA) is 0 Å². The van der Waals surface area contributed by atoms with Crippen LogP contribution in [0.1, 0.15) is 55.4 Å². The predicted molar refractivity (Wildman–Crippen MR) is 71.9 cm³/mol. The predicted octanol–water partition coefficient (Wildman–Crippen LogP) is 4.69. The van der Waals surface area contributed by atoms with Crippen LogP contribution in [0.5, 0.6) is 0 Å². The molecule has 0 unspecified atom stereocenters.